The Morgan fingerprint density at radius 1 is 1.07 bits per heavy atom. The first-order valence-corrected chi connectivity index (χ1v) is 14.9. The number of rotatable bonds is 7. The summed E-state index contributed by atoms with van der Waals surface area (Å²) in [4.78, 5) is 43.8. The molecular weight excluding hydrogens is 622 g/mol. The zero-order valence-corrected chi connectivity index (χ0v) is 25.4. The normalized spacial score (nSPS) is 22.2. The molecule has 3 aliphatic heterocycles. The van der Waals surface area contributed by atoms with Crippen molar-refractivity contribution < 1.29 is 50.6 Å². The molecule has 9 nitrogen and oxygen atoms in total. The van der Waals surface area contributed by atoms with E-state index >= 15 is 0 Å². The molecule has 0 spiro atoms. The highest BCUT2D eigenvalue weighted by atomic mass is 19.4. The molecule has 2 saturated heterocycles. The monoisotopic (exact) mass is 656 g/mol. The molecule has 2 aromatic carbocycles. The number of carbonyl (C=O) groups excluding carboxylic acids is 3. The fourth-order valence-corrected chi connectivity index (χ4v) is 6.36. The summed E-state index contributed by atoms with van der Waals surface area (Å²) < 4.78 is 86.7. The number of carbonyl (C=O) groups is 3. The maximum absolute atomic E-state index is 13.5. The van der Waals surface area contributed by atoms with Crippen molar-refractivity contribution in [3.8, 4) is 5.75 Å². The number of halogens is 6. The van der Waals surface area contributed by atoms with E-state index in [-0.39, 0.29) is 31.6 Å². The fourth-order valence-electron chi connectivity index (χ4n) is 6.36. The van der Waals surface area contributed by atoms with Gasteiger partial charge in [0.05, 0.1) is 6.61 Å². The highest BCUT2D eigenvalue weighted by molar-refractivity contribution is 6.09. The molecule has 15 heteroatoms. The maximum Gasteiger partial charge on any atom is 0.430 e. The smallest absolute Gasteiger partial charge is 0.430 e. The van der Waals surface area contributed by atoms with Crippen molar-refractivity contribution in [1.29, 1.82) is 0 Å². The van der Waals surface area contributed by atoms with Crippen molar-refractivity contribution >= 4 is 23.5 Å². The second-order valence-electron chi connectivity index (χ2n) is 12.0. The average Bonchev–Trinajstić information content (AvgIpc) is 3.54. The van der Waals surface area contributed by atoms with Gasteiger partial charge in [-0.05, 0) is 55.2 Å². The average molecular weight is 657 g/mol. The number of benzene rings is 2. The number of amides is 4. The van der Waals surface area contributed by atoms with Crippen LogP contribution < -0.4 is 15.0 Å². The van der Waals surface area contributed by atoms with Crippen molar-refractivity contribution in [3.05, 3.63) is 58.7 Å². The van der Waals surface area contributed by atoms with Crippen molar-refractivity contribution in [2.24, 2.45) is 0 Å². The number of imide groups is 1. The maximum atomic E-state index is 13.5. The fraction of sp³-hybridized carbons (Fsp3) is 0.516. The van der Waals surface area contributed by atoms with E-state index in [1.54, 1.807) is 43.9 Å². The first-order chi connectivity index (χ1) is 21.4. The lowest BCUT2D eigenvalue weighted by Crippen LogP contribution is -2.56. The van der Waals surface area contributed by atoms with E-state index in [1.165, 1.54) is 4.90 Å². The van der Waals surface area contributed by atoms with Gasteiger partial charge >= 0.3 is 18.4 Å². The molecule has 3 heterocycles. The number of alkyl halides is 6. The van der Waals surface area contributed by atoms with E-state index < -0.39 is 59.5 Å². The van der Waals surface area contributed by atoms with Gasteiger partial charge in [0.25, 0.3) is 11.5 Å². The first-order valence-electron chi connectivity index (χ1n) is 14.9. The minimum atomic E-state index is -6.00. The van der Waals surface area contributed by atoms with Crippen LogP contribution >= 0.6 is 0 Å². The Balaban J connectivity index is 1.30. The van der Waals surface area contributed by atoms with E-state index in [4.69, 9.17) is 4.74 Å². The van der Waals surface area contributed by atoms with Gasteiger partial charge in [-0.15, -0.1) is 0 Å². The molecular formula is C31H34F6N4O5. The standard InChI is InChI=1S/C31H34F6N4O5/c1-4-5-19-14-22(29(45,30(32,33)34)31(35,36)37)6-8-23(19)40-12-11-39(16-18(40)2)25(42)17-41-26(43)28(3,38-27(41)44)21-7-9-24-20(15-21)10-13-46-24/h6-9,14-15,18,45H,4-5,10-13,16-17H2,1-3H3,(H,38,44)/t18?,28-/m0/s1. The van der Waals surface area contributed by atoms with E-state index in [0.717, 1.165) is 22.6 Å². The molecule has 0 aliphatic carbocycles. The van der Waals surface area contributed by atoms with Crippen LogP contribution in [0.5, 0.6) is 5.75 Å². The summed E-state index contributed by atoms with van der Waals surface area (Å²) in [7, 11) is 0. The summed E-state index contributed by atoms with van der Waals surface area (Å²) in [6, 6.07) is 6.60. The predicted molar refractivity (Wildman–Crippen MR) is 153 cm³/mol. The number of aliphatic hydroxyl groups is 1. The lowest BCUT2D eigenvalue weighted by molar-refractivity contribution is -0.376. The molecule has 4 amide bonds. The molecule has 2 fully saturated rings. The number of hydrogen-bond acceptors (Lipinski definition) is 6. The summed E-state index contributed by atoms with van der Waals surface area (Å²) >= 11 is 0. The van der Waals surface area contributed by atoms with Gasteiger partial charge in [-0.25, -0.2) is 4.79 Å². The van der Waals surface area contributed by atoms with Gasteiger partial charge in [0.15, 0.2) is 0 Å². The largest absolute Gasteiger partial charge is 0.493 e. The molecule has 2 N–H and O–H groups in total. The highest BCUT2D eigenvalue weighted by Crippen LogP contribution is 2.50. The Labute approximate surface area is 261 Å². The zero-order chi connectivity index (χ0) is 33.8. The lowest BCUT2D eigenvalue weighted by Gasteiger charge is -2.42. The molecule has 3 aliphatic rings. The summed E-state index contributed by atoms with van der Waals surface area (Å²) in [6.07, 6.45) is -10.8. The SMILES string of the molecule is CCCc1cc(C(O)(C(F)(F)F)C(F)(F)F)ccc1N1CCN(C(=O)CN2C(=O)N[C@@](C)(c3ccc4c(c3)CCO4)C2=O)CC1C. The Bertz CT molecular complexity index is 1530. The number of hydrogen-bond donors (Lipinski definition) is 2. The number of urea groups is 1. The van der Waals surface area contributed by atoms with Crippen molar-refractivity contribution in [2.45, 2.75) is 69.6 Å². The minimum Gasteiger partial charge on any atom is -0.493 e. The summed E-state index contributed by atoms with van der Waals surface area (Å²) in [6.45, 7) is 5.46. The van der Waals surface area contributed by atoms with Crippen LogP contribution in [0.15, 0.2) is 36.4 Å². The van der Waals surface area contributed by atoms with Crippen LogP contribution in [0.2, 0.25) is 0 Å². The topological polar surface area (TPSA) is 102 Å². The van der Waals surface area contributed by atoms with Gasteiger partial charge in [0.2, 0.25) is 5.91 Å². The molecule has 2 aromatic rings. The molecule has 46 heavy (non-hydrogen) atoms. The van der Waals surface area contributed by atoms with Crippen LogP contribution in [-0.4, -0.2) is 83.9 Å². The minimum absolute atomic E-state index is 0.118. The van der Waals surface area contributed by atoms with Crippen LogP contribution in [0.3, 0.4) is 0 Å². The number of ether oxygens (including phenoxy) is 1. The van der Waals surface area contributed by atoms with Gasteiger partial charge in [0.1, 0.15) is 17.8 Å². The number of nitrogens with one attached hydrogen (secondary N) is 1. The number of fused-ring (bicyclic) bond motifs is 1. The molecule has 0 radical (unpaired) electrons. The van der Waals surface area contributed by atoms with Crippen LogP contribution in [0.4, 0.5) is 36.8 Å². The van der Waals surface area contributed by atoms with Crippen LogP contribution in [0, 0.1) is 0 Å². The number of anilines is 1. The third-order valence-corrected chi connectivity index (χ3v) is 8.96. The van der Waals surface area contributed by atoms with Crippen molar-refractivity contribution in [1.82, 2.24) is 15.1 Å². The third kappa shape index (κ3) is 5.52. The van der Waals surface area contributed by atoms with E-state index in [2.05, 4.69) is 5.32 Å². The summed E-state index contributed by atoms with van der Waals surface area (Å²) in [5.74, 6) is -0.365. The molecule has 0 bridgehead atoms. The zero-order valence-electron chi connectivity index (χ0n) is 25.4. The Hall–Kier alpha value is -4.01. The predicted octanol–water partition coefficient (Wildman–Crippen LogP) is 4.39. The number of piperazine rings is 1. The quantitative estimate of drug-likeness (QED) is 0.339. The second kappa shape index (κ2) is 11.7. The highest BCUT2D eigenvalue weighted by Gasteiger charge is 2.71. The summed E-state index contributed by atoms with van der Waals surface area (Å²) in [5, 5.41) is 12.6. The van der Waals surface area contributed by atoms with E-state index in [1.807, 2.05) is 0 Å². The third-order valence-electron chi connectivity index (χ3n) is 8.96. The van der Waals surface area contributed by atoms with Gasteiger partial charge in [-0.1, -0.05) is 31.5 Å². The summed E-state index contributed by atoms with van der Waals surface area (Å²) in [5.41, 5.74) is -5.69. The number of nitrogens with zero attached hydrogens (tertiary/aromatic N) is 3. The van der Waals surface area contributed by atoms with Gasteiger partial charge in [-0.2, -0.15) is 26.3 Å². The van der Waals surface area contributed by atoms with Crippen LogP contribution in [0.1, 0.15) is 49.4 Å². The molecule has 2 atom stereocenters. The molecule has 5 rings (SSSR count). The van der Waals surface area contributed by atoms with Crippen LogP contribution in [0.25, 0.3) is 0 Å². The van der Waals surface area contributed by atoms with Gasteiger partial charge in [0, 0.05) is 43.3 Å². The molecule has 0 aromatic heterocycles. The number of aryl methyl sites for hydroxylation is 1. The first kappa shape index (κ1) is 33.4. The van der Waals surface area contributed by atoms with Crippen LogP contribution in [-0.2, 0) is 33.6 Å². The van der Waals surface area contributed by atoms with Crippen molar-refractivity contribution in [3.63, 3.8) is 0 Å². The van der Waals surface area contributed by atoms with E-state index in [9.17, 15) is 45.8 Å². The Kier molecular flexibility index (Phi) is 8.45. The van der Waals surface area contributed by atoms with Gasteiger partial charge in [-0.3, -0.25) is 14.5 Å². The second-order valence-corrected chi connectivity index (χ2v) is 12.0. The van der Waals surface area contributed by atoms with Crippen molar-refractivity contribution in [2.75, 3.05) is 37.7 Å². The molecule has 1 unspecified atom stereocenters. The Morgan fingerprint density at radius 3 is 2.39 bits per heavy atom. The lowest BCUT2D eigenvalue weighted by atomic mass is 9.89. The Morgan fingerprint density at radius 2 is 1.76 bits per heavy atom. The van der Waals surface area contributed by atoms with E-state index in [0.29, 0.717) is 42.5 Å². The molecule has 250 valence electrons. The molecule has 0 saturated carbocycles. The van der Waals surface area contributed by atoms with Gasteiger partial charge < -0.3 is 25.0 Å².